The Bertz CT molecular complexity index is 1330. The summed E-state index contributed by atoms with van der Waals surface area (Å²) in [6.45, 7) is 7.20. The quantitative estimate of drug-likeness (QED) is 0.538. The minimum atomic E-state index is -3.72. The van der Waals surface area contributed by atoms with Gasteiger partial charge in [-0.05, 0) is 32.4 Å². The third-order valence-corrected chi connectivity index (χ3v) is 8.72. The highest BCUT2D eigenvalue weighted by Gasteiger charge is 2.32. The molecule has 0 radical (unpaired) electrons. The second-order valence-corrected chi connectivity index (χ2v) is 10.7. The van der Waals surface area contributed by atoms with Crippen molar-refractivity contribution in [1.82, 2.24) is 19.3 Å². The van der Waals surface area contributed by atoms with E-state index in [0.29, 0.717) is 81.7 Å². The number of hydrogen-bond acceptors (Lipinski definition) is 8. The molecular formula is C24H29N5O5S. The van der Waals surface area contributed by atoms with Crippen molar-refractivity contribution in [3.05, 3.63) is 47.3 Å². The molecule has 0 saturated carbocycles. The van der Waals surface area contributed by atoms with Gasteiger partial charge in [-0.15, -0.1) is 0 Å². The van der Waals surface area contributed by atoms with Crippen LogP contribution >= 0.6 is 0 Å². The van der Waals surface area contributed by atoms with Crippen molar-refractivity contribution >= 4 is 32.7 Å². The molecule has 2 saturated heterocycles. The smallest absolute Gasteiger partial charge is 0.254 e. The number of amides is 1. The number of pyridine rings is 1. The Morgan fingerprint density at radius 1 is 1.00 bits per heavy atom. The topological polar surface area (TPSA) is 109 Å². The highest BCUT2D eigenvalue weighted by Crippen LogP contribution is 2.28. The van der Waals surface area contributed by atoms with Gasteiger partial charge in [-0.2, -0.15) is 4.31 Å². The lowest BCUT2D eigenvalue weighted by Crippen LogP contribution is -2.41. The monoisotopic (exact) mass is 499 g/mol. The summed E-state index contributed by atoms with van der Waals surface area (Å²) in [5.41, 5.74) is 1.72. The number of carbonyl (C=O) groups is 1. The van der Waals surface area contributed by atoms with Gasteiger partial charge in [-0.3, -0.25) is 4.79 Å². The zero-order valence-electron chi connectivity index (χ0n) is 19.9. The summed E-state index contributed by atoms with van der Waals surface area (Å²) in [6.07, 6.45) is 0.629. The molecule has 2 aliphatic rings. The number of benzene rings is 1. The van der Waals surface area contributed by atoms with Crippen LogP contribution in [0.25, 0.3) is 10.9 Å². The maximum atomic E-state index is 13.4. The molecule has 2 fully saturated rings. The van der Waals surface area contributed by atoms with Crippen LogP contribution in [0, 0.1) is 13.8 Å². The van der Waals surface area contributed by atoms with E-state index in [-0.39, 0.29) is 10.8 Å². The highest BCUT2D eigenvalue weighted by atomic mass is 32.2. The van der Waals surface area contributed by atoms with Gasteiger partial charge in [0.2, 0.25) is 10.0 Å². The van der Waals surface area contributed by atoms with Gasteiger partial charge in [0.15, 0.2) is 5.76 Å². The molecule has 2 aromatic heterocycles. The van der Waals surface area contributed by atoms with Crippen molar-refractivity contribution in [1.29, 1.82) is 0 Å². The van der Waals surface area contributed by atoms with Crippen LogP contribution in [0.4, 0.5) is 5.82 Å². The fraction of sp³-hybridized carbons (Fsp3) is 0.458. The summed E-state index contributed by atoms with van der Waals surface area (Å²) in [6, 6.07) is 9.48. The van der Waals surface area contributed by atoms with Gasteiger partial charge in [-0.25, -0.2) is 13.4 Å². The van der Waals surface area contributed by atoms with Gasteiger partial charge in [0.25, 0.3) is 5.91 Å². The predicted octanol–water partition coefficient (Wildman–Crippen LogP) is 2.21. The van der Waals surface area contributed by atoms with E-state index in [4.69, 9.17) is 14.2 Å². The van der Waals surface area contributed by atoms with E-state index in [1.54, 1.807) is 13.8 Å². The zero-order chi connectivity index (χ0) is 24.6. The molecular weight excluding hydrogens is 470 g/mol. The molecule has 0 unspecified atom stereocenters. The molecule has 35 heavy (non-hydrogen) atoms. The molecule has 10 nitrogen and oxygen atoms in total. The zero-order valence-corrected chi connectivity index (χ0v) is 20.8. The molecule has 1 amide bonds. The summed E-state index contributed by atoms with van der Waals surface area (Å²) >= 11 is 0. The van der Waals surface area contributed by atoms with Crippen molar-refractivity contribution in [2.24, 2.45) is 0 Å². The van der Waals surface area contributed by atoms with E-state index in [9.17, 15) is 13.2 Å². The van der Waals surface area contributed by atoms with E-state index in [1.165, 1.54) is 4.31 Å². The summed E-state index contributed by atoms with van der Waals surface area (Å²) in [5.74, 6) is 0.938. The second kappa shape index (κ2) is 9.56. The van der Waals surface area contributed by atoms with Crippen LogP contribution in [0.1, 0.15) is 28.2 Å². The fourth-order valence-electron chi connectivity index (χ4n) is 4.77. The fourth-order valence-corrected chi connectivity index (χ4v) is 6.53. The Labute approximate surface area is 204 Å². The molecule has 5 rings (SSSR count). The van der Waals surface area contributed by atoms with Crippen molar-refractivity contribution in [2.45, 2.75) is 25.2 Å². The van der Waals surface area contributed by atoms with Crippen LogP contribution in [0.5, 0.6) is 0 Å². The van der Waals surface area contributed by atoms with Crippen LogP contribution in [-0.2, 0) is 14.8 Å². The Morgan fingerprint density at radius 2 is 1.77 bits per heavy atom. The lowest BCUT2D eigenvalue weighted by molar-refractivity contribution is 0.0304. The van der Waals surface area contributed by atoms with Crippen LogP contribution in [-0.4, -0.2) is 86.2 Å². The minimum absolute atomic E-state index is 0.0365. The average Bonchev–Trinajstić information content (AvgIpc) is 3.06. The van der Waals surface area contributed by atoms with Crippen LogP contribution < -0.4 is 4.90 Å². The number of anilines is 1. The maximum absolute atomic E-state index is 13.4. The van der Waals surface area contributed by atoms with E-state index in [2.05, 4.69) is 10.1 Å². The molecule has 2 aliphatic heterocycles. The van der Waals surface area contributed by atoms with Crippen LogP contribution in [0.15, 0.2) is 39.8 Å². The number of rotatable bonds is 4. The molecule has 186 valence electrons. The Balaban J connectivity index is 1.43. The lowest BCUT2D eigenvalue weighted by Gasteiger charge is -2.28. The molecule has 11 heteroatoms. The average molecular weight is 500 g/mol. The molecule has 0 bridgehead atoms. The largest absolute Gasteiger partial charge is 0.378 e. The number of hydrogen-bond donors (Lipinski definition) is 0. The number of sulfonamides is 1. The van der Waals surface area contributed by atoms with Crippen LogP contribution in [0.3, 0.4) is 0 Å². The molecule has 0 spiro atoms. The minimum Gasteiger partial charge on any atom is -0.378 e. The number of para-hydroxylation sites is 1. The van der Waals surface area contributed by atoms with E-state index in [0.717, 1.165) is 10.9 Å². The third-order valence-electron chi connectivity index (χ3n) is 6.58. The predicted molar refractivity (Wildman–Crippen MR) is 130 cm³/mol. The normalized spacial score (nSPS) is 18.1. The third kappa shape index (κ3) is 4.51. The van der Waals surface area contributed by atoms with E-state index >= 15 is 0 Å². The molecule has 3 aromatic rings. The van der Waals surface area contributed by atoms with Gasteiger partial charge < -0.3 is 19.1 Å². The SMILES string of the molecule is Cc1noc(C)c1S(=O)(=O)N1CCCN(c2cc(C(=O)N3CCOCC3)c3ccccc3n2)CC1. The molecule has 0 atom stereocenters. The molecule has 4 heterocycles. The number of fused-ring (bicyclic) bond motifs is 1. The van der Waals surface area contributed by atoms with E-state index in [1.807, 2.05) is 35.2 Å². The number of morpholine rings is 1. The number of aryl methyl sites for hydroxylation is 2. The second-order valence-electron chi connectivity index (χ2n) is 8.85. The number of aromatic nitrogens is 2. The van der Waals surface area contributed by atoms with Crippen LogP contribution in [0.2, 0.25) is 0 Å². The summed E-state index contributed by atoms with van der Waals surface area (Å²) in [7, 11) is -3.72. The number of nitrogens with zero attached hydrogens (tertiary/aromatic N) is 5. The standard InChI is InChI=1S/C24H29N5O5S/c1-17-23(18(2)34-26-17)35(31,32)29-9-5-8-27(10-11-29)22-16-20(19-6-3-4-7-21(19)25-22)24(30)28-12-14-33-15-13-28/h3-4,6-7,16H,5,8-15H2,1-2H3. The van der Waals surface area contributed by atoms with Crippen molar-refractivity contribution in [3.63, 3.8) is 0 Å². The van der Waals surface area contributed by atoms with Crippen molar-refractivity contribution in [3.8, 4) is 0 Å². The van der Waals surface area contributed by atoms with Gasteiger partial charge in [0, 0.05) is 44.7 Å². The Morgan fingerprint density at radius 3 is 2.51 bits per heavy atom. The maximum Gasteiger partial charge on any atom is 0.254 e. The Kier molecular flexibility index (Phi) is 6.47. The molecule has 0 aliphatic carbocycles. The lowest BCUT2D eigenvalue weighted by atomic mass is 10.1. The number of carbonyl (C=O) groups excluding carboxylic acids is 1. The first-order valence-electron chi connectivity index (χ1n) is 11.8. The first-order valence-corrected chi connectivity index (χ1v) is 13.2. The van der Waals surface area contributed by atoms with E-state index < -0.39 is 10.0 Å². The van der Waals surface area contributed by atoms with Gasteiger partial charge in [-0.1, -0.05) is 23.4 Å². The number of ether oxygens (including phenoxy) is 1. The summed E-state index contributed by atoms with van der Waals surface area (Å²) in [5, 5.41) is 4.62. The Hall–Kier alpha value is -3.02. The summed E-state index contributed by atoms with van der Waals surface area (Å²) < 4.78 is 38.6. The van der Waals surface area contributed by atoms with Gasteiger partial charge >= 0.3 is 0 Å². The van der Waals surface area contributed by atoms with Gasteiger partial charge in [0.05, 0.1) is 24.3 Å². The molecule has 0 N–H and O–H groups in total. The highest BCUT2D eigenvalue weighted by molar-refractivity contribution is 7.89. The van der Waals surface area contributed by atoms with Gasteiger partial charge in [0.1, 0.15) is 16.4 Å². The summed E-state index contributed by atoms with van der Waals surface area (Å²) in [4.78, 5) is 22.3. The first-order chi connectivity index (χ1) is 16.9. The first kappa shape index (κ1) is 23.7. The molecule has 1 aromatic carbocycles. The van der Waals surface area contributed by atoms with Crippen molar-refractivity contribution < 1.29 is 22.5 Å². The van der Waals surface area contributed by atoms with Crippen molar-refractivity contribution in [2.75, 3.05) is 57.4 Å².